The van der Waals surface area contributed by atoms with Crippen LogP contribution in [0.15, 0.2) is 48.8 Å². The average molecular weight is 377 g/mol. The molecule has 0 saturated carbocycles. The number of hydrogen-bond donors (Lipinski definition) is 1. The highest BCUT2D eigenvalue weighted by Gasteiger charge is 2.14. The third kappa shape index (κ3) is 3.15. The van der Waals surface area contributed by atoms with Gasteiger partial charge in [-0.3, -0.25) is 0 Å². The molecule has 2 aromatic carbocycles. The van der Waals surface area contributed by atoms with E-state index in [0.29, 0.717) is 23.3 Å². The molecule has 4 aromatic rings. The smallest absolute Gasteiger partial charge is 0.167 e. The predicted molar refractivity (Wildman–Crippen MR) is 106 cm³/mol. The molecule has 0 aliphatic heterocycles. The maximum atomic E-state index is 14.0. The van der Waals surface area contributed by atoms with Gasteiger partial charge in [0.25, 0.3) is 0 Å². The van der Waals surface area contributed by atoms with Crippen molar-refractivity contribution in [3.05, 3.63) is 71.6 Å². The van der Waals surface area contributed by atoms with E-state index in [9.17, 15) is 4.39 Å². The molecule has 0 fully saturated rings. The molecule has 0 amide bonds. The number of nitrogens with zero attached hydrogens (tertiary/aromatic N) is 4. The lowest BCUT2D eigenvalue weighted by Crippen LogP contribution is -2.05. The number of aromatic nitrogens is 4. The Balaban J connectivity index is 1.66. The molecule has 28 heavy (non-hydrogen) atoms. The van der Waals surface area contributed by atoms with Gasteiger partial charge in [-0.1, -0.05) is 18.2 Å². The lowest BCUT2D eigenvalue weighted by atomic mass is 10.1. The van der Waals surface area contributed by atoms with Gasteiger partial charge in [0, 0.05) is 29.3 Å². The Morgan fingerprint density at radius 1 is 1.11 bits per heavy atom. The molecule has 0 bridgehead atoms. The van der Waals surface area contributed by atoms with Gasteiger partial charge in [-0.05, 0) is 32.0 Å². The summed E-state index contributed by atoms with van der Waals surface area (Å²) in [5, 5.41) is 8.71. The quantitative estimate of drug-likeness (QED) is 0.565. The average Bonchev–Trinajstić information content (AvgIpc) is 3.00. The van der Waals surface area contributed by atoms with E-state index in [1.165, 1.54) is 19.5 Å². The monoisotopic (exact) mass is 377 g/mol. The van der Waals surface area contributed by atoms with E-state index in [0.717, 1.165) is 22.6 Å². The first kappa shape index (κ1) is 17.9. The summed E-state index contributed by atoms with van der Waals surface area (Å²) >= 11 is 0. The number of nitrogens with one attached hydrogen (secondary N) is 1. The van der Waals surface area contributed by atoms with Crippen LogP contribution < -0.4 is 10.1 Å². The van der Waals surface area contributed by atoms with Crippen molar-refractivity contribution < 1.29 is 9.13 Å². The van der Waals surface area contributed by atoms with E-state index >= 15 is 0 Å². The molecule has 0 unspecified atom stereocenters. The fraction of sp³-hybridized carbons (Fsp3) is 0.190. The van der Waals surface area contributed by atoms with Crippen LogP contribution in [0.4, 0.5) is 10.2 Å². The van der Waals surface area contributed by atoms with Crippen LogP contribution in [-0.4, -0.2) is 26.9 Å². The molecule has 4 rings (SSSR count). The third-order valence-corrected chi connectivity index (χ3v) is 4.78. The minimum Gasteiger partial charge on any atom is -0.494 e. The molecule has 2 heterocycles. The molecular formula is C21H20FN5O. The molecule has 6 nitrogen and oxygen atoms in total. The molecule has 0 spiro atoms. The van der Waals surface area contributed by atoms with Crippen LogP contribution in [-0.2, 0) is 6.54 Å². The Hall–Kier alpha value is -3.48. The maximum Gasteiger partial charge on any atom is 0.167 e. The number of halogens is 1. The Labute approximate surface area is 162 Å². The van der Waals surface area contributed by atoms with Crippen molar-refractivity contribution in [2.24, 2.45) is 0 Å². The lowest BCUT2D eigenvalue weighted by molar-refractivity contribution is 0.387. The largest absolute Gasteiger partial charge is 0.494 e. The highest BCUT2D eigenvalue weighted by atomic mass is 19.1. The number of para-hydroxylation sites is 1. The SMILES string of the molecule is COc1cc2c(NCc3c(C)nn(-c4ccccc4)c3C)ncnc2cc1F. The van der Waals surface area contributed by atoms with Crippen molar-refractivity contribution in [2.75, 3.05) is 12.4 Å². The third-order valence-electron chi connectivity index (χ3n) is 4.78. The van der Waals surface area contributed by atoms with Gasteiger partial charge in [0.15, 0.2) is 11.6 Å². The van der Waals surface area contributed by atoms with Crippen LogP contribution in [0.5, 0.6) is 5.75 Å². The van der Waals surface area contributed by atoms with E-state index in [4.69, 9.17) is 4.74 Å². The van der Waals surface area contributed by atoms with Crippen molar-refractivity contribution in [1.29, 1.82) is 0 Å². The first-order valence-electron chi connectivity index (χ1n) is 8.91. The number of fused-ring (bicyclic) bond motifs is 1. The summed E-state index contributed by atoms with van der Waals surface area (Å²) in [6.07, 6.45) is 1.42. The fourth-order valence-corrected chi connectivity index (χ4v) is 3.28. The topological polar surface area (TPSA) is 64.9 Å². The predicted octanol–water partition coefficient (Wildman–Crippen LogP) is 4.19. The van der Waals surface area contributed by atoms with E-state index in [2.05, 4.69) is 20.4 Å². The van der Waals surface area contributed by atoms with Crippen LogP contribution in [0.2, 0.25) is 0 Å². The number of aryl methyl sites for hydroxylation is 1. The van der Waals surface area contributed by atoms with E-state index < -0.39 is 5.82 Å². The molecular weight excluding hydrogens is 357 g/mol. The molecule has 0 saturated heterocycles. The maximum absolute atomic E-state index is 14.0. The van der Waals surface area contributed by atoms with Gasteiger partial charge in [0.05, 0.1) is 24.0 Å². The zero-order valence-electron chi connectivity index (χ0n) is 15.9. The number of methoxy groups -OCH3 is 1. The second kappa shape index (κ2) is 7.26. The number of ether oxygens (including phenoxy) is 1. The second-order valence-electron chi connectivity index (χ2n) is 6.48. The van der Waals surface area contributed by atoms with Gasteiger partial charge >= 0.3 is 0 Å². The van der Waals surface area contributed by atoms with Crippen LogP contribution >= 0.6 is 0 Å². The Bertz CT molecular complexity index is 1140. The lowest BCUT2D eigenvalue weighted by Gasteiger charge is -2.10. The van der Waals surface area contributed by atoms with Gasteiger partial charge in [-0.15, -0.1) is 0 Å². The minimum absolute atomic E-state index is 0.162. The number of benzene rings is 2. The van der Waals surface area contributed by atoms with Crippen LogP contribution in [0, 0.1) is 19.7 Å². The second-order valence-corrected chi connectivity index (χ2v) is 6.48. The van der Waals surface area contributed by atoms with Crippen molar-refractivity contribution in [3.63, 3.8) is 0 Å². The van der Waals surface area contributed by atoms with Gasteiger partial charge < -0.3 is 10.1 Å². The van der Waals surface area contributed by atoms with Crippen molar-refractivity contribution in [3.8, 4) is 11.4 Å². The summed E-state index contributed by atoms with van der Waals surface area (Å²) in [5.41, 5.74) is 4.62. The van der Waals surface area contributed by atoms with Gasteiger partial charge in [-0.25, -0.2) is 19.0 Å². The summed E-state index contributed by atoms with van der Waals surface area (Å²) in [6.45, 7) is 4.57. The summed E-state index contributed by atoms with van der Waals surface area (Å²) in [5.74, 6) is 0.333. The van der Waals surface area contributed by atoms with E-state index in [1.807, 2.05) is 48.9 Å². The highest BCUT2D eigenvalue weighted by molar-refractivity contribution is 5.90. The summed E-state index contributed by atoms with van der Waals surface area (Å²) in [6, 6.07) is 13.0. The van der Waals surface area contributed by atoms with Gasteiger partial charge in [0.2, 0.25) is 0 Å². The molecule has 0 radical (unpaired) electrons. The Kier molecular flexibility index (Phi) is 4.65. The summed E-state index contributed by atoms with van der Waals surface area (Å²) in [4.78, 5) is 8.47. The number of hydrogen-bond acceptors (Lipinski definition) is 5. The zero-order chi connectivity index (χ0) is 19.7. The molecule has 7 heteroatoms. The molecule has 1 N–H and O–H groups in total. The summed E-state index contributed by atoms with van der Waals surface area (Å²) in [7, 11) is 1.44. The fourth-order valence-electron chi connectivity index (χ4n) is 3.28. The normalized spacial score (nSPS) is 11.0. The Morgan fingerprint density at radius 2 is 1.89 bits per heavy atom. The first-order valence-corrected chi connectivity index (χ1v) is 8.91. The minimum atomic E-state index is -0.449. The van der Waals surface area contributed by atoms with E-state index in [-0.39, 0.29) is 5.75 Å². The Morgan fingerprint density at radius 3 is 2.64 bits per heavy atom. The first-order chi connectivity index (χ1) is 13.6. The van der Waals surface area contributed by atoms with E-state index in [1.54, 1.807) is 6.07 Å². The highest BCUT2D eigenvalue weighted by Crippen LogP contribution is 2.28. The van der Waals surface area contributed by atoms with Crippen molar-refractivity contribution >= 4 is 16.7 Å². The van der Waals surface area contributed by atoms with Crippen molar-refractivity contribution in [2.45, 2.75) is 20.4 Å². The van der Waals surface area contributed by atoms with Gasteiger partial charge in [-0.2, -0.15) is 5.10 Å². The standard InChI is InChI=1S/C21H20FN5O/c1-13-17(14(2)27(26-13)15-7-5-4-6-8-15)11-23-21-16-9-20(28-3)18(22)10-19(16)24-12-25-21/h4-10,12H,11H2,1-3H3,(H,23,24,25). The summed E-state index contributed by atoms with van der Waals surface area (Å²) < 4.78 is 21.0. The molecule has 142 valence electrons. The van der Waals surface area contributed by atoms with Crippen LogP contribution in [0.3, 0.4) is 0 Å². The molecule has 0 atom stereocenters. The van der Waals surface area contributed by atoms with Gasteiger partial charge in [0.1, 0.15) is 12.1 Å². The number of rotatable bonds is 5. The van der Waals surface area contributed by atoms with Crippen LogP contribution in [0.25, 0.3) is 16.6 Å². The molecule has 0 aliphatic rings. The number of anilines is 1. The molecule has 2 aromatic heterocycles. The molecule has 0 aliphatic carbocycles. The van der Waals surface area contributed by atoms with Crippen molar-refractivity contribution in [1.82, 2.24) is 19.7 Å². The zero-order valence-corrected chi connectivity index (χ0v) is 15.9. The van der Waals surface area contributed by atoms with Crippen LogP contribution in [0.1, 0.15) is 17.0 Å².